The van der Waals surface area contributed by atoms with Crippen LogP contribution in [0.25, 0.3) is 0 Å². The van der Waals surface area contributed by atoms with E-state index in [-0.39, 0.29) is 6.09 Å². The third kappa shape index (κ3) is 4.80. The first-order valence-electron chi connectivity index (χ1n) is 7.74. The predicted molar refractivity (Wildman–Crippen MR) is 90.5 cm³/mol. The van der Waals surface area contributed by atoms with Gasteiger partial charge in [0, 0.05) is 29.8 Å². The lowest BCUT2D eigenvalue weighted by Gasteiger charge is -2.38. The Morgan fingerprint density at radius 2 is 1.95 bits per heavy atom. The van der Waals surface area contributed by atoms with E-state index in [0.29, 0.717) is 25.0 Å². The van der Waals surface area contributed by atoms with Crippen LogP contribution in [0.15, 0.2) is 24.3 Å². The number of benzene rings is 1. The van der Waals surface area contributed by atoms with Crippen LogP contribution in [0.3, 0.4) is 0 Å². The molecule has 1 heterocycles. The van der Waals surface area contributed by atoms with Gasteiger partial charge < -0.3 is 15.0 Å². The maximum absolute atomic E-state index is 12.1. The number of ether oxygens (including phenoxy) is 1. The van der Waals surface area contributed by atoms with Gasteiger partial charge >= 0.3 is 6.09 Å². The number of piperidine rings is 1. The maximum Gasteiger partial charge on any atom is 0.410 e. The molecule has 1 N–H and O–H groups in total. The lowest BCUT2D eigenvalue weighted by Crippen LogP contribution is -2.48. The second-order valence-electron chi connectivity index (χ2n) is 6.95. The number of halogens is 1. The third-order valence-corrected chi connectivity index (χ3v) is 4.01. The summed E-state index contributed by atoms with van der Waals surface area (Å²) in [4.78, 5) is 13.9. The molecule has 1 saturated heterocycles. The van der Waals surface area contributed by atoms with Crippen molar-refractivity contribution in [3.05, 3.63) is 29.3 Å². The van der Waals surface area contributed by atoms with Crippen LogP contribution in [0.1, 0.15) is 34.1 Å². The van der Waals surface area contributed by atoms with Crippen molar-refractivity contribution in [2.45, 2.75) is 45.8 Å². The van der Waals surface area contributed by atoms with Gasteiger partial charge in [-0.15, -0.1) is 0 Å². The van der Waals surface area contributed by atoms with Crippen LogP contribution in [-0.2, 0) is 4.74 Å². The largest absolute Gasteiger partial charge is 0.444 e. The summed E-state index contributed by atoms with van der Waals surface area (Å²) < 4.78 is 5.44. The molecule has 0 unspecified atom stereocenters. The first-order chi connectivity index (χ1) is 10.2. The molecule has 1 aromatic carbocycles. The van der Waals surface area contributed by atoms with Crippen molar-refractivity contribution >= 4 is 23.4 Å². The Kier molecular flexibility index (Phi) is 5.22. The van der Waals surface area contributed by atoms with Gasteiger partial charge in [0.15, 0.2) is 0 Å². The highest BCUT2D eigenvalue weighted by Gasteiger charge is 2.31. The molecule has 0 bridgehead atoms. The van der Waals surface area contributed by atoms with Crippen molar-refractivity contribution in [2.24, 2.45) is 5.92 Å². The second-order valence-corrected chi connectivity index (χ2v) is 7.39. The molecule has 1 amide bonds. The Morgan fingerprint density at radius 1 is 1.32 bits per heavy atom. The van der Waals surface area contributed by atoms with E-state index in [1.807, 2.05) is 45.0 Å². The number of hydrogen-bond acceptors (Lipinski definition) is 3. The van der Waals surface area contributed by atoms with Crippen LogP contribution >= 0.6 is 11.6 Å². The van der Waals surface area contributed by atoms with E-state index in [1.54, 1.807) is 4.90 Å². The second kappa shape index (κ2) is 6.78. The fourth-order valence-electron chi connectivity index (χ4n) is 2.61. The maximum atomic E-state index is 12.1. The van der Waals surface area contributed by atoms with Gasteiger partial charge in [-0.1, -0.05) is 18.5 Å². The van der Waals surface area contributed by atoms with E-state index in [9.17, 15) is 4.79 Å². The van der Waals surface area contributed by atoms with Crippen molar-refractivity contribution in [2.75, 3.05) is 18.4 Å². The Bertz CT molecular complexity index is 510. The Balaban J connectivity index is 1.90. The van der Waals surface area contributed by atoms with Crippen LogP contribution in [-0.4, -0.2) is 35.7 Å². The monoisotopic (exact) mass is 324 g/mol. The van der Waals surface area contributed by atoms with Crippen molar-refractivity contribution < 1.29 is 9.53 Å². The molecule has 122 valence electrons. The lowest BCUT2D eigenvalue weighted by atomic mass is 9.94. The molecule has 1 aromatic rings. The quantitative estimate of drug-likeness (QED) is 0.876. The molecule has 0 spiro atoms. The summed E-state index contributed by atoms with van der Waals surface area (Å²) in [6, 6.07) is 8.07. The average Bonchev–Trinajstić information content (AvgIpc) is 2.41. The average molecular weight is 325 g/mol. The number of rotatable bonds is 2. The highest BCUT2D eigenvalue weighted by atomic mass is 35.5. The zero-order valence-corrected chi connectivity index (χ0v) is 14.5. The number of nitrogens with one attached hydrogen (secondary N) is 1. The summed E-state index contributed by atoms with van der Waals surface area (Å²) in [6.07, 6.45) is 0.688. The summed E-state index contributed by atoms with van der Waals surface area (Å²) in [6.45, 7) is 9.25. The smallest absolute Gasteiger partial charge is 0.410 e. The molecule has 2 atom stereocenters. The highest BCUT2D eigenvalue weighted by molar-refractivity contribution is 6.30. The summed E-state index contributed by atoms with van der Waals surface area (Å²) in [5.41, 5.74) is 0.616. The predicted octanol–water partition coefficient (Wildman–Crippen LogP) is 4.40. The number of nitrogens with zero attached hydrogens (tertiary/aromatic N) is 1. The molecule has 1 aliphatic rings. The van der Waals surface area contributed by atoms with Gasteiger partial charge in [0.25, 0.3) is 0 Å². The van der Waals surface area contributed by atoms with Crippen molar-refractivity contribution in [3.8, 4) is 0 Å². The molecule has 4 nitrogen and oxygen atoms in total. The Morgan fingerprint density at radius 3 is 2.50 bits per heavy atom. The molecule has 0 saturated carbocycles. The van der Waals surface area contributed by atoms with Gasteiger partial charge in [-0.2, -0.15) is 0 Å². The van der Waals surface area contributed by atoms with Gasteiger partial charge in [0.05, 0.1) is 0 Å². The van der Waals surface area contributed by atoms with Gasteiger partial charge in [0.1, 0.15) is 5.60 Å². The minimum absolute atomic E-state index is 0.218. The van der Waals surface area contributed by atoms with Crippen LogP contribution < -0.4 is 5.32 Å². The number of likely N-dealkylation sites (tertiary alicyclic amines) is 1. The molecule has 0 aliphatic carbocycles. The van der Waals surface area contributed by atoms with Gasteiger partial charge in [0.2, 0.25) is 0 Å². The fraction of sp³-hybridized carbons (Fsp3) is 0.588. The number of carbonyl (C=O) groups is 1. The minimum Gasteiger partial charge on any atom is -0.444 e. The van der Waals surface area contributed by atoms with Crippen molar-refractivity contribution in [1.82, 2.24) is 4.90 Å². The standard InChI is InChI=1S/C17H25ClN2O2/c1-12-11-20(16(21)22-17(2,3)4)10-9-15(12)19-14-7-5-13(18)6-8-14/h5-8,12,15,19H,9-11H2,1-4H3/t12-,15+/m0/s1. The SMILES string of the molecule is C[C@H]1CN(C(=O)OC(C)(C)C)CC[C@H]1Nc1ccc(Cl)cc1. The minimum atomic E-state index is -0.446. The van der Waals surface area contributed by atoms with E-state index in [4.69, 9.17) is 16.3 Å². The van der Waals surface area contributed by atoms with Crippen molar-refractivity contribution in [1.29, 1.82) is 0 Å². The molecule has 0 radical (unpaired) electrons. The van der Waals surface area contributed by atoms with Gasteiger partial charge in [-0.3, -0.25) is 0 Å². The zero-order valence-electron chi connectivity index (χ0n) is 13.7. The van der Waals surface area contributed by atoms with E-state index in [1.165, 1.54) is 0 Å². The first kappa shape index (κ1) is 16.9. The number of hydrogen-bond donors (Lipinski definition) is 1. The summed E-state index contributed by atoms with van der Waals surface area (Å²) in [7, 11) is 0. The normalized spacial score (nSPS) is 22.3. The number of amides is 1. The van der Waals surface area contributed by atoms with Crippen LogP contribution in [0.4, 0.5) is 10.5 Å². The van der Waals surface area contributed by atoms with Crippen molar-refractivity contribution in [3.63, 3.8) is 0 Å². The topological polar surface area (TPSA) is 41.6 Å². The summed E-state index contributed by atoms with van der Waals surface area (Å²) in [5.74, 6) is 0.358. The van der Waals surface area contributed by atoms with E-state index < -0.39 is 5.60 Å². The fourth-order valence-corrected chi connectivity index (χ4v) is 2.74. The Labute approximate surface area is 137 Å². The number of anilines is 1. The molecule has 1 fully saturated rings. The molecule has 5 heteroatoms. The summed E-state index contributed by atoms with van der Waals surface area (Å²) in [5, 5.41) is 4.26. The van der Waals surface area contributed by atoms with E-state index in [2.05, 4.69) is 12.2 Å². The van der Waals surface area contributed by atoms with E-state index >= 15 is 0 Å². The van der Waals surface area contributed by atoms with Crippen LogP contribution in [0, 0.1) is 5.92 Å². The molecule has 22 heavy (non-hydrogen) atoms. The van der Waals surface area contributed by atoms with E-state index in [0.717, 1.165) is 17.1 Å². The molecular weight excluding hydrogens is 300 g/mol. The lowest BCUT2D eigenvalue weighted by molar-refractivity contribution is 0.0165. The van der Waals surface area contributed by atoms with Crippen LogP contribution in [0.2, 0.25) is 5.02 Å². The number of carbonyl (C=O) groups excluding carboxylic acids is 1. The molecule has 0 aromatic heterocycles. The first-order valence-corrected chi connectivity index (χ1v) is 8.12. The summed E-state index contributed by atoms with van der Waals surface area (Å²) >= 11 is 5.90. The molecular formula is C17H25ClN2O2. The molecule has 2 rings (SSSR count). The third-order valence-electron chi connectivity index (χ3n) is 3.75. The van der Waals surface area contributed by atoms with Crippen LogP contribution in [0.5, 0.6) is 0 Å². The highest BCUT2D eigenvalue weighted by Crippen LogP contribution is 2.23. The molecule has 1 aliphatic heterocycles. The Hall–Kier alpha value is -1.42. The zero-order chi connectivity index (χ0) is 16.3. The van der Waals surface area contributed by atoms with Gasteiger partial charge in [-0.25, -0.2) is 4.79 Å². The van der Waals surface area contributed by atoms with Gasteiger partial charge in [-0.05, 0) is 57.4 Å².